The van der Waals surface area contributed by atoms with Crippen LogP contribution >= 0.6 is 11.3 Å². The van der Waals surface area contributed by atoms with Gasteiger partial charge in [0.05, 0.1) is 23.1 Å². The molecule has 0 aliphatic carbocycles. The Kier molecular flexibility index (Phi) is 4.85. The number of aryl methyl sites for hydroxylation is 1. The van der Waals surface area contributed by atoms with Gasteiger partial charge in [-0.3, -0.25) is 9.78 Å². The summed E-state index contributed by atoms with van der Waals surface area (Å²) in [5.74, 6) is -0.0557. The maximum Gasteiger partial charge on any atom is 0.253 e. The van der Waals surface area contributed by atoms with Crippen molar-refractivity contribution in [3.63, 3.8) is 0 Å². The van der Waals surface area contributed by atoms with Crippen molar-refractivity contribution in [2.75, 3.05) is 13.2 Å². The van der Waals surface area contributed by atoms with E-state index < -0.39 is 0 Å². The van der Waals surface area contributed by atoms with E-state index in [2.05, 4.69) is 15.7 Å². The van der Waals surface area contributed by atoms with Crippen LogP contribution in [-0.2, 0) is 4.74 Å². The Morgan fingerprint density at radius 2 is 2.36 bits per heavy atom. The number of nitrogens with zero attached hydrogens (tertiary/aromatic N) is 1. The molecule has 1 aliphatic heterocycles. The van der Waals surface area contributed by atoms with E-state index in [0.29, 0.717) is 18.2 Å². The number of carbonyl (C=O) groups excluding carboxylic acids is 1. The first-order valence-electron chi connectivity index (χ1n) is 7.64. The molecule has 22 heavy (non-hydrogen) atoms. The van der Waals surface area contributed by atoms with Crippen molar-refractivity contribution in [3.05, 3.63) is 40.2 Å². The number of thiophene rings is 1. The molecule has 4 nitrogen and oxygen atoms in total. The minimum absolute atomic E-state index is 0.0557. The minimum atomic E-state index is -0.0557. The van der Waals surface area contributed by atoms with Crippen LogP contribution in [0.4, 0.5) is 0 Å². The van der Waals surface area contributed by atoms with Crippen LogP contribution in [0.1, 0.15) is 35.3 Å². The molecular formula is C17H20N2O2S. The lowest BCUT2D eigenvalue weighted by Gasteiger charge is -2.11. The Morgan fingerprint density at radius 3 is 3.05 bits per heavy atom. The fourth-order valence-electron chi connectivity index (χ4n) is 2.69. The molecule has 1 N–H and O–H groups in total. The monoisotopic (exact) mass is 316 g/mol. The van der Waals surface area contributed by atoms with Crippen molar-refractivity contribution >= 4 is 17.2 Å². The number of aromatic nitrogens is 1. The molecule has 2 aromatic heterocycles. The average molecular weight is 316 g/mol. The summed E-state index contributed by atoms with van der Waals surface area (Å²) in [5, 5.41) is 7.05. The summed E-state index contributed by atoms with van der Waals surface area (Å²) in [6, 6.07) is 5.80. The molecule has 1 fully saturated rings. The number of nitrogens with one attached hydrogen (secondary N) is 1. The van der Waals surface area contributed by atoms with Crippen LogP contribution in [0.3, 0.4) is 0 Å². The highest BCUT2D eigenvalue weighted by molar-refractivity contribution is 7.08. The van der Waals surface area contributed by atoms with Gasteiger partial charge in [0.2, 0.25) is 0 Å². The third kappa shape index (κ3) is 3.54. The number of amides is 1. The molecule has 0 saturated carbocycles. The second-order valence-electron chi connectivity index (χ2n) is 5.52. The molecule has 1 atom stereocenters. The van der Waals surface area contributed by atoms with Gasteiger partial charge in [-0.2, -0.15) is 11.3 Å². The summed E-state index contributed by atoms with van der Waals surface area (Å²) >= 11 is 1.64. The van der Waals surface area contributed by atoms with Crippen LogP contribution < -0.4 is 5.32 Å². The molecule has 1 aliphatic rings. The van der Waals surface area contributed by atoms with Gasteiger partial charge >= 0.3 is 0 Å². The van der Waals surface area contributed by atoms with E-state index in [4.69, 9.17) is 4.74 Å². The van der Waals surface area contributed by atoms with Crippen molar-refractivity contribution in [2.45, 2.75) is 32.3 Å². The van der Waals surface area contributed by atoms with E-state index in [1.54, 1.807) is 11.3 Å². The zero-order chi connectivity index (χ0) is 15.4. The zero-order valence-electron chi connectivity index (χ0n) is 12.7. The van der Waals surface area contributed by atoms with Crippen LogP contribution in [0, 0.1) is 6.92 Å². The number of pyridine rings is 1. The van der Waals surface area contributed by atoms with Gasteiger partial charge in [-0.05, 0) is 49.8 Å². The predicted molar refractivity (Wildman–Crippen MR) is 88.2 cm³/mol. The van der Waals surface area contributed by atoms with Crippen molar-refractivity contribution in [2.24, 2.45) is 0 Å². The second-order valence-corrected chi connectivity index (χ2v) is 6.30. The first-order valence-corrected chi connectivity index (χ1v) is 8.58. The largest absolute Gasteiger partial charge is 0.378 e. The minimum Gasteiger partial charge on any atom is -0.378 e. The normalized spacial score (nSPS) is 17.6. The lowest BCUT2D eigenvalue weighted by molar-refractivity contribution is 0.0906. The molecule has 0 bridgehead atoms. The highest BCUT2D eigenvalue weighted by atomic mass is 32.1. The Labute approximate surface area is 134 Å². The Hall–Kier alpha value is -1.72. The number of hydrogen-bond donors (Lipinski definition) is 1. The van der Waals surface area contributed by atoms with Crippen LogP contribution in [0.2, 0.25) is 0 Å². The summed E-state index contributed by atoms with van der Waals surface area (Å²) in [7, 11) is 0. The van der Waals surface area contributed by atoms with Gasteiger partial charge in [0.25, 0.3) is 5.91 Å². The summed E-state index contributed by atoms with van der Waals surface area (Å²) in [6.07, 6.45) is 3.42. The number of rotatable bonds is 5. The molecule has 1 amide bonds. The van der Waals surface area contributed by atoms with E-state index in [0.717, 1.165) is 42.8 Å². The van der Waals surface area contributed by atoms with Gasteiger partial charge in [0.15, 0.2) is 0 Å². The van der Waals surface area contributed by atoms with Crippen molar-refractivity contribution < 1.29 is 9.53 Å². The highest BCUT2D eigenvalue weighted by Crippen LogP contribution is 2.21. The van der Waals surface area contributed by atoms with Crippen molar-refractivity contribution in [1.29, 1.82) is 0 Å². The molecule has 0 spiro atoms. The van der Waals surface area contributed by atoms with Gasteiger partial charge < -0.3 is 10.1 Å². The first-order chi connectivity index (χ1) is 10.7. The lowest BCUT2D eigenvalue weighted by atomic mass is 10.1. The zero-order valence-corrected chi connectivity index (χ0v) is 13.5. The number of carbonyl (C=O) groups is 1. The Balaban J connectivity index is 1.60. The third-order valence-corrected chi connectivity index (χ3v) is 4.61. The quantitative estimate of drug-likeness (QED) is 0.919. The smallest absolute Gasteiger partial charge is 0.253 e. The van der Waals surface area contributed by atoms with Gasteiger partial charge in [-0.15, -0.1) is 0 Å². The summed E-state index contributed by atoms with van der Waals surface area (Å²) < 4.78 is 5.56. The summed E-state index contributed by atoms with van der Waals surface area (Å²) in [6.45, 7) is 3.38. The molecular weight excluding hydrogens is 296 g/mol. The summed E-state index contributed by atoms with van der Waals surface area (Å²) in [4.78, 5) is 16.8. The standard InChI is InChI=1S/C17H20N2O2S/c1-12-15(4-5-16(19-12)13-7-10-22-11-13)17(20)18-8-6-14-3-2-9-21-14/h4-5,7,10-11,14H,2-3,6,8-9H2,1H3,(H,18,20). The molecule has 0 radical (unpaired) electrons. The fourth-order valence-corrected chi connectivity index (χ4v) is 3.34. The van der Waals surface area contributed by atoms with E-state index in [-0.39, 0.29) is 5.91 Å². The van der Waals surface area contributed by atoms with E-state index in [9.17, 15) is 4.79 Å². The molecule has 2 aromatic rings. The molecule has 5 heteroatoms. The lowest BCUT2D eigenvalue weighted by Crippen LogP contribution is -2.27. The van der Waals surface area contributed by atoms with Crippen LogP contribution in [0.15, 0.2) is 29.0 Å². The van der Waals surface area contributed by atoms with Gasteiger partial charge in [-0.25, -0.2) is 0 Å². The maximum absolute atomic E-state index is 12.2. The van der Waals surface area contributed by atoms with Gasteiger partial charge in [-0.1, -0.05) is 0 Å². The first kappa shape index (κ1) is 15.2. The molecule has 116 valence electrons. The molecule has 1 saturated heterocycles. The molecule has 0 aromatic carbocycles. The van der Waals surface area contributed by atoms with Crippen molar-refractivity contribution in [3.8, 4) is 11.3 Å². The van der Waals surface area contributed by atoms with Gasteiger partial charge in [0.1, 0.15) is 0 Å². The molecule has 3 rings (SSSR count). The Morgan fingerprint density at radius 1 is 1.45 bits per heavy atom. The van der Waals surface area contributed by atoms with Crippen molar-refractivity contribution in [1.82, 2.24) is 10.3 Å². The SMILES string of the molecule is Cc1nc(-c2ccsc2)ccc1C(=O)NCCC1CCCO1. The summed E-state index contributed by atoms with van der Waals surface area (Å²) in [5.41, 5.74) is 3.41. The topological polar surface area (TPSA) is 51.2 Å². The average Bonchev–Trinajstić information content (AvgIpc) is 3.20. The third-order valence-electron chi connectivity index (χ3n) is 3.92. The number of ether oxygens (including phenoxy) is 1. The molecule has 3 heterocycles. The predicted octanol–water partition coefficient (Wildman–Crippen LogP) is 3.42. The van der Waals surface area contributed by atoms with Gasteiger partial charge in [0, 0.05) is 24.1 Å². The second kappa shape index (κ2) is 7.03. The fraction of sp³-hybridized carbons (Fsp3) is 0.412. The number of hydrogen-bond acceptors (Lipinski definition) is 4. The van der Waals surface area contributed by atoms with E-state index >= 15 is 0 Å². The highest BCUT2D eigenvalue weighted by Gasteiger charge is 2.16. The van der Waals surface area contributed by atoms with E-state index in [1.807, 2.05) is 30.5 Å². The van der Waals surface area contributed by atoms with E-state index in [1.165, 1.54) is 0 Å². The van der Waals surface area contributed by atoms with Crippen LogP contribution in [0.25, 0.3) is 11.3 Å². The Bertz CT molecular complexity index is 634. The maximum atomic E-state index is 12.2. The van der Waals surface area contributed by atoms with Crippen LogP contribution in [-0.4, -0.2) is 30.1 Å². The molecule has 1 unspecified atom stereocenters. The van der Waals surface area contributed by atoms with Crippen LogP contribution in [0.5, 0.6) is 0 Å².